The van der Waals surface area contributed by atoms with Crippen LogP contribution in [0.3, 0.4) is 0 Å². The van der Waals surface area contributed by atoms with Crippen molar-refractivity contribution in [2.75, 3.05) is 26.2 Å². The molecule has 0 radical (unpaired) electrons. The summed E-state index contributed by atoms with van der Waals surface area (Å²) in [5.41, 5.74) is 0.847. The first-order chi connectivity index (χ1) is 9.61. The van der Waals surface area contributed by atoms with Gasteiger partial charge in [-0.2, -0.15) is 0 Å². The quantitative estimate of drug-likeness (QED) is 0.819. The standard InChI is InChI=1S/C19H38N2/c1-18(2,3)10-16-9-17(20-14-19(4,5)6)13-21(12-16)11-15-7-8-15/h15-17,20H,7-14H2,1-6H3. The van der Waals surface area contributed by atoms with Crippen LogP contribution in [0.25, 0.3) is 0 Å². The highest BCUT2D eigenvalue weighted by molar-refractivity contribution is 4.89. The molecule has 2 heteroatoms. The van der Waals surface area contributed by atoms with Gasteiger partial charge in [0.25, 0.3) is 0 Å². The van der Waals surface area contributed by atoms with Crippen molar-refractivity contribution in [3.8, 4) is 0 Å². The molecular weight excluding hydrogens is 256 g/mol. The van der Waals surface area contributed by atoms with Crippen molar-refractivity contribution in [1.29, 1.82) is 0 Å². The van der Waals surface area contributed by atoms with E-state index in [9.17, 15) is 0 Å². The number of piperidine rings is 1. The molecule has 1 saturated carbocycles. The van der Waals surface area contributed by atoms with Crippen LogP contribution in [0.4, 0.5) is 0 Å². The maximum absolute atomic E-state index is 3.86. The van der Waals surface area contributed by atoms with Crippen molar-refractivity contribution in [2.45, 2.75) is 73.3 Å². The minimum Gasteiger partial charge on any atom is -0.312 e. The molecule has 0 amide bonds. The Morgan fingerprint density at radius 3 is 2.10 bits per heavy atom. The average molecular weight is 295 g/mol. The first kappa shape index (κ1) is 17.3. The molecule has 2 aliphatic rings. The normalized spacial score (nSPS) is 28.9. The number of nitrogens with one attached hydrogen (secondary N) is 1. The fraction of sp³-hybridized carbons (Fsp3) is 1.00. The summed E-state index contributed by atoms with van der Waals surface area (Å²) < 4.78 is 0. The number of rotatable bonds is 5. The molecular formula is C19H38N2. The second-order valence-corrected chi connectivity index (χ2v) is 10.2. The summed E-state index contributed by atoms with van der Waals surface area (Å²) >= 11 is 0. The maximum atomic E-state index is 3.86. The topological polar surface area (TPSA) is 15.3 Å². The number of hydrogen-bond donors (Lipinski definition) is 1. The molecule has 1 aliphatic heterocycles. The fourth-order valence-corrected chi connectivity index (χ4v) is 3.73. The van der Waals surface area contributed by atoms with Crippen molar-refractivity contribution in [1.82, 2.24) is 10.2 Å². The predicted octanol–water partition coefficient (Wildman–Crippen LogP) is 4.16. The SMILES string of the molecule is CC(C)(C)CNC1CC(CC(C)(C)C)CN(CC2CC2)C1. The van der Waals surface area contributed by atoms with E-state index in [1.807, 2.05) is 0 Å². The van der Waals surface area contributed by atoms with Gasteiger partial charge in [0.2, 0.25) is 0 Å². The van der Waals surface area contributed by atoms with Gasteiger partial charge in [0.05, 0.1) is 0 Å². The lowest BCUT2D eigenvalue weighted by Crippen LogP contribution is -2.51. The van der Waals surface area contributed by atoms with Crippen LogP contribution >= 0.6 is 0 Å². The Balaban J connectivity index is 1.89. The highest BCUT2D eigenvalue weighted by Gasteiger charge is 2.33. The summed E-state index contributed by atoms with van der Waals surface area (Å²) in [5.74, 6) is 1.89. The molecule has 1 saturated heterocycles. The molecule has 2 fully saturated rings. The third kappa shape index (κ3) is 7.15. The Labute approximate surface area is 133 Å². The van der Waals surface area contributed by atoms with Crippen molar-refractivity contribution in [3.63, 3.8) is 0 Å². The first-order valence-electron chi connectivity index (χ1n) is 9.06. The Bertz CT molecular complexity index is 319. The van der Waals surface area contributed by atoms with Gasteiger partial charge >= 0.3 is 0 Å². The van der Waals surface area contributed by atoms with E-state index in [0.29, 0.717) is 16.9 Å². The summed E-state index contributed by atoms with van der Waals surface area (Å²) in [6.45, 7) is 19.3. The van der Waals surface area contributed by atoms with Crippen LogP contribution in [0, 0.1) is 22.7 Å². The zero-order valence-corrected chi connectivity index (χ0v) is 15.3. The van der Waals surface area contributed by atoms with Crippen LogP contribution in [0.5, 0.6) is 0 Å². The summed E-state index contributed by atoms with van der Waals surface area (Å²) in [7, 11) is 0. The minimum absolute atomic E-state index is 0.387. The van der Waals surface area contributed by atoms with Gasteiger partial charge in [0.15, 0.2) is 0 Å². The molecule has 1 N–H and O–H groups in total. The Hall–Kier alpha value is -0.0800. The number of likely N-dealkylation sites (tertiary alicyclic amines) is 1. The lowest BCUT2D eigenvalue weighted by molar-refractivity contribution is 0.106. The Morgan fingerprint density at radius 1 is 0.905 bits per heavy atom. The average Bonchev–Trinajstić information content (AvgIpc) is 3.06. The predicted molar refractivity (Wildman–Crippen MR) is 92.6 cm³/mol. The summed E-state index contributed by atoms with van der Waals surface area (Å²) in [6.07, 6.45) is 5.68. The van der Waals surface area contributed by atoms with E-state index in [0.717, 1.165) is 18.4 Å². The number of hydrogen-bond acceptors (Lipinski definition) is 2. The van der Waals surface area contributed by atoms with Crippen molar-refractivity contribution in [2.24, 2.45) is 22.7 Å². The van der Waals surface area contributed by atoms with Gasteiger partial charge < -0.3 is 10.2 Å². The monoisotopic (exact) mass is 294 g/mol. The van der Waals surface area contributed by atoms with Crippen LogP contribution in [0.2, 0.25) is 0 Å². The van der Waals surface area contributed by atoms with Gasteiger partial charge in [-0.3, -0.25) is 0 Å². The summed E-state index contributed by atoms with van der Waals surface area (Å²) in [6, 6.07) is 0.698. The first-order valence-corrected chi connectivity index (χ1v) is 9.06. The fourth-order valence-electron chi connectivity index (χ4n) is 3.73. The molecule has 0 bridgehead atoms. The van der Waals surface area contributed by atoms with Crippen LogP contribution in [0.1, 0.15) is 67.2 Å². The van der Waals surface area contributed by atoms with Crippen LogP contribution in [-0.4, -0.2) is 37.1 Å². The minimum atomic E-state index is 0.387. The highest BCUT2D eigenvalue weighted by atomic mass is 15.2. The summed E-state index contributed by atoms with van der Waals surface area (Å²) in [4.78, 5) is 2.76. The van der Waals surface area contributed by atoms with Gasteiger partial charge in [-0.15, -0.1) is 0 Å². The molecule has 1 aliphatic carbocycles. The van der Waals surface area contributed by atoms with E-state index >= 15 is 0 Å². The largest absolute Gasteiger partial charge is 0.312 e. The molecule has 2 rings (SSSR count). The molecule has 0 aromatic rings. The van der Waals surface area contributed by atoms with Crippen LogP contribution < -0.4 is 5.32 Å². The molecule has 124 valence electrons. The third-order valence-corrected chi connectivity index (χ3v) is 4.65. The smallest absolute Gasteiger partial charge is 0.0198 e. The molecule has 2 unspecified atom stereocenters. The van der Waals surface area contributed by atoms with Gasteiger partial charge in [-0.05, 0) is 48.3 Å². The van der Waals surface area contributed by atoms with Crippen LogP contribution in [-0.2, 0) is 0 Å². The molecule has 1 heterocycles. The lowest BCUT2D eigenvalue weighted by atomic mass is 9.80. The zero-order chi connectivity index (χ0) is 15.7. The molecule has 0 aromatic carbocycles. The van der Waals surface area contributed by atoms with E-state index in [2.05, 4.69) is 51.8 Å². The molecule has 21 heavy (non-hydrogen) atoms. The molecule has 2 nitrogen and oxygen atoms in total. The van der Waals surface area contributed by atoms with Crippen molar-refractivity contribution >= 4 is 0 Å². The molecule has 0 aromatic heterocycles. The highest BCUT2D eigenvalue weighted by Crippen LogP contribution is 2.34. The third-order valence-electron chi connectivity index (χ3n) is 4.65. The van der Waals surface area contributed by atoms with E-state index in [-0.39, 0.29) is 0 Å². The lowest BCUT2D eigenvalue weighted by Gasteiger charge is -2.41. The number of nitrogens with zero attached hydrogens (tertiary/aromatic N) is 1. The van der Waals surface area contributed by atoms with E-state index < -0.39 is 0 Å². The maximum Gasteiger partial charge on any atom is 0.0198 e. The van der Waals surface area contributed by atoms with Crippen molar-refractivity contribution in [3.05, 3.63) is 0 Å². The second-order valence-electron chi connectivity index (χ2n) is 10.2. The Morgan fingerprint density at radius 2 is 1.57 bits per heavy atom. The molecule has 0 spiro atoms. The zero-order valence-electron chi connectivity index (χ0n) is 15.3. The van der Waals surface area contributed by atoms with E-state index in [4.69, 9.17) is 0 Å². The van der Waals surface area contributed by atoms with Crippen molar-refractivity contribution < 1.29 is 0 Å². The van der Waals surface area contributed by atoms with E-state index in [1.165, 1.54) is 45.3 Å². The summed E-state index contributed by atoms with van der Waals surface area (Å²) in [5, 5.41) is 3.86. The van der Waals surface area contributed by atoms with Gasteiger partial charge in [-0.25, -0.2) is 0 Å². The van der Waals surface area contributed by atoms with Gasteiger partial charge in [0.1, 0.15) is 0 Å². The van der Waals surface area contributed by atoms with Gasteiger partial charge in [0, 0.05) is 32.2 Å². The van der Waals surface area contributed by atoms with Crippen LogP contribution in [0.15, 0.2) is 0 Å². The van der Waals surface area contributed by atoms with E-state index in [1.54, 1.807) is 0 Å². The van der Waals surface area contributed by atoms with Gasteiger partial charge in [-0.1, -0.05) is 41.5 Å². The second kappa shape index (κ2) is 6.58. The Kier molecular flexibility index (Phi) is 5.41. The molecule has 2 atom stereocenters.